The number of anilines is 1. The zero-order valence-corrected chi connectivity index (χ0v) is 17.9. The first-order valence-corrected chi connectivity index (χ1v) is 10.7. The molecular weight excluding hydrogens is 394 g/mol. The van der Waals surface area contributed by atoms with Crippen LogP contribution in [-0.2, 0) is 4.79 Å². The molecule has 164 valence electrons. The van der Waals surface area contributed by atoms with Crippen molar-refractivity contribution in [1.82, 2.24) is 4.57 Å². The van der Waals surface area contributed by atoms with Crippen LogP contribution >= 0.6 is 0 Å². The molecule has 3 aromatic rings. The molecule has 1 fully saturated rings. The summed E-state index contributed by atoms with van der Waals surface area (Å²) >= 11 is 0. The van der Waals surface area contributed by atoms with E-state index in [2.05, 4.69) is 5.32 Å². The van der Waals surface area contributed by atoms with Gasteiger partial charge in [0.1, 0.15) is 0 Å². The van der Waals surface area contributed by atoms with Crippen molar-refractivity contribution >= 4 is 22.4 Å². The number of nitrogens with one attached hydrogen (secondary N) is 1. The first-order valence-electron chi connectivity index (χ1n) is 10.7. The molecule has 0 aliphatic heterocycles. The first-order chi connectivity index (χ1) is 15.1. The Morgan fingerprint density at radius 3 is 2.77 bits per heavy atom. The smallest absolute Gasteiger partial charge is 0.227 e. The number of carbonyl (C=O) groups is 1. The van der Waals surface area contributed by atoms with Gasteiger partial charge in [0.05, 0.1) is 30.8 Å². The normalized spacial score (nSPS) is 14.4. The van der Waals surface area contributed by atoms with Crippen LogP contribution in [0.3, 0.4) is 0 Å². The molecule has 1 amide bonds. The molecule has 1 atom stereocenters. The fourth-order valence-electron chi connectivity index (χ4n) is 3.98. The van der Waals surface area contributed by atoms with Crippen LogP contribution in [0.1, 0.15) is 37.8 Å². The lowest BCUT2D eigenvalue weighted by molar-refractivity contribution is -0.117. The molecule has 0 spiro atoms. The number of fused-ring (bicyclic) bond motifs is 1. The van der Waals surface area contributed by atoms with Gasteiger partial charge in [-0.3, -0.25) is 4.79 Å². The Morgan fingerprint density at radius 2 is 2.10 bits per heavy atom. The number of rotatable bonds is 9. The second-order valence-corrected chi connectivity index (χ2v) is 7.83. The third kappa shape index (κ3) is 4.18. The molecule has 7 nitrogen and oxygen atoms in total. The maximum atomic E-state index is 12.3. The molecule has 1 saturated carbocycles. The van der Waals surface area contributed by atoms with Crippen LogP contribution in [0.25, 0.3) is 10.8 Å². The van der Waals surface area contributed by atoms with Crippen LogP contribution in [0.2, 0.25) is 0 Å². The van der Waals surface area contributed by atoms with E-state index >= 15 is 0 Å². The van der Waals surface area contributed by atoms with E-state index in [1.165, 1.54) is 0 Å². The van der Waals surface area contributed by atoms with Gasteiger partial charge in [0.15, 0.2) is 11.5 Å². The molecule has 0 bridgehead atoms. The van der Waals surface area contributed by atoms with Crippen molar-refractivity contribution in [2.75, 3.05) is 25.6 Å². The summed E-state index contributed by atoms with van der Waals surface area (Å²) < 4.78 is 13.0. The van der Waals surface area contributed by atoms with E-state index in [4.69, 9.17) is 15.2 Å². The Kier molecular flexibility index (Phi) is 6.04. The molecule has 0 saturated heterocycles. The van der Waals surface area contributed by atoms with Crippen molar-refractivity contribution in [2.24, 2.45) is 11.7 Å². The highest BCUT2D eigenvalue weighted by molar-refractivity contribution is 6.05. The second-order valence-electron chi connectivity index (χ2n) is 7.83. The molecular formula is C24H29N3O4. The summed E-state index contributed by atoms with van der Waals surface area (Å²) in [5.74, 6) is 1.51. The minimum Gasteiger partial charge on any atom is -0.494 e. The molecule has 4 N–H and O–H groups in total. The van der Waals surface area contributed by atoms with Crippen LogP contribution in [0, 0.1) is 5.92 Å². The monoisotopic (exact) mass is 423 g/mol. The third-order valence-corrected chi connectivity index (χ3v) is 5.70. The van der Waals surface area contributed by atoms with E-state index < -0.39 is 0 Å². The SMILES string of the molecule is CCOc1cc([C@@H](CCN)n2cc3cccc(NC(=O)C4CC4)c3c2O)ccc1OC. The number of nitrogens with zero attached hydrogens (tertiary/aromatic N) is 1. The number of amides is 1. The van der Waals surface area contributed by atoms with Crippen LogP contribution in [0.5, 0.6) is 17.4 Å². The molecule has 4 rings (SSSR count). The Hall–Kier alpha value is -3.19. The number of ether oxygens (including phenoxy) is 2. The second kappa shape index (κ2) is 8.89. The van der Waals surface area contributed by atoms with Gasteiger partial charge in [0, 0.05) is 17.5 Å². The highest BCUT2D eigenvalue weighted by Gasteiger charge is 2.30. The number of aromatic hydroxyl groups is 1. The van der Waals surface area contributed by atoms with Crippen molar-refractivity contribution in [1.29, 1.82) is 0 Å². The average molecular weight is 424 g/mol. The lowest BCUT2D eigenvalue weighted by atomic mass is 10.0. The van der Waals surface area contributed by atoms with Crippen molar-refractivity contribution in [3.8, 4) is 17.4 Å². The highest BCUT2D eigenvalue weighted by atomic mass is 16.5. The molecule has 31 heavy (non-hydrogen) atoms. The van der Waals surface area contributed by atoms with Gasteiger partial charge in [-0.15, -0.1) is 0 Å². The molecule has 1 aliphatic rings. The maximum absolute atomic E-state index is 12.3. The van der Waals surface area contributed by atoms with Gasteiger partial charge >= 0.3 is 0 Å². The standard InChI is InChI=1S/C24H29N3O4/c1-3-31-21-13-16(9-10-20(21)30-2)19(11-12-25)27-14-17-5-4-6-18(22(17)24(27)29)26-23(28)15-7-8-15/h4-6,9-10,13-15,19,29H,3,7-8,11-12,25H2,1-2H3,(H,26,28)/t19-/m1/s1. The predicted molar refractivity (Wildman–Crippen MR) is 121 cm³/mol. The van der Waals surface area contributed by atoms with E-state index in [0.717, 1.165) is 23.8 Å². The molecule has 1 aromatic heterocycles. The summed E-state index contributed by atoms with van der Waals surface area (Å²) in [6.07, 6.45) is 4.37. The Bertz CT molecular complexity index is 1090. The van der Waals surface area contributed by atoms with E-state index in [1.807, 2.05) is 54.1 Å². The van der Waals surface area contributed by atoms with Gasteiger partial charge < -0.3 is 30.2 Å². The number of nitrogens with two attached hydrogens (primary N) is 1. The molecule has 1 heterocycles. The summed E-state index contributed by atoms with van der Waals surface area (Å²) in [7, 11) is 1.61. The zero-order chi connectivity index (χ0) is 22.0. The molecule has 0 unspecified atom stereocenters. The number of aromatic nitrogens is 1. The molecule has 2 aromatic carbocycles. The highest BCUT2D eigenvalue weighted by Crippen LogP contribution is 2.40. The number of hydrogen-bond donors (Lipinski definition) is 3. The maximum Gasteiger partial charge on any atom is 0.227 e. The summed E-state index contributed by atoms with van der Waals surface area (Å²) in [6, 6.07) is 11.2. The van der Waals surface area contributed by atoms with E-state index in [-0.39, 0.29) is 23.7 Å². The summed E-state index contributed by atoms with van der Waals surface area (Å²) in [5.41, 5.74) is 7.51. The van der Waals surface area contributed by atoms with Gasteiger partial charge in [0.25, 0.3) is 0 Å². The molecule has 1 aliphatic carbocycles. The number of hydrogen-bond acceptors (Lipinski definition) is 5. The van der Waals surface area contributed by atoms with Gasteiger partial charge in [-0.25, -0.2) is 0 Å². The number of benzene rings is 2. The largest absolute Gasteiger partial charge is 0.494 e. The van der Waals surface area contributed by atoms with Gasteiger partial charge in [-0.1, -0.05) is 18.2 Å². The summed E-state index contributed by atoms with van der Waals surface area (Å²) in [5, 5.41) is 15.7. The van der Waals surface area contributed by atoms with Gasteiger partial charge in [-0.05, 0) is 56.5 Å². The quantitative estimate of drug-likeness (QED) is 0.482. The van der Waals surface area contributed by atoms with E-state index in [1.54, 1.807) is 7.11 Å². The van der Waals surface area contributed by atoms with Crippen LogP contribution in [0.4, 0.5) is 5.69 Å². The topological polar surface area (TPSA) is 98.7 Å². The lowest BCUT2D eigenvalue weighted by Crippen LogP contribution is -2.15. The van der Waals surface area contributed by atoms with Crippen molar-refractivity contribution in [2.45, 2.75) is 32.2 Å². The summed E-state index contributed by atoms with van der Waals surface area (Å²) in [6.45, 7) is 2.88. The van der Waals surface area contributed by atoms with Crippen LogP contribution in [0.15, 0.2) is 42.6 Å². The third-order valence-electron chi connectivity index (χ3n) is 5.70. The van der Waals surface area contributed by atoms with Crippen molar-refractivity contribution in [3.05, 3.63) is 48.2 Å². The van der Waals surface area contributed by atoms with E-state index in [0.29, 0.717) is 42.1 Å². The Labute approximate surface area is 181 Å². The zero-order valence-electron chi connectivity index (χ0n) is 17.9. The van der Waals surface area contributed by atoms with Gasteiger partial charge in [0.2, 0.25) is 11.8 Å². The predicted octanol–water partition coefficient (Wildman–Crippen LogP) is 4.04. The number of methoxy groups -OCH3 is 1. The lowest BCUT2D eigenvalue weighted by Gasteiger charge is -2.21. The minimum atomic E-state index is -0.200. The average Bonchev–Trinajstić information content (AvgIpc) is 3.57. The molecule has 0 radical (unpaired) electrons. The minimum absolute atomic E-state index is 0.00895. The fourth-order valence-corrected chi connectivity index (χ4v) is 3.98. The van der Waals surface area contributed by atoms with Crippen LogP contribution < -0.4 is 20.5 Å². The first kappa shape index (κ1) is 21.1. The number of carbonyl (C=O) groups excluding carboxylic acids is 1. The molecule has 7 heteroatoms. The van der Waals surface area contributed by atoms with Gasteiger partial charge in [-0.2, -0.15) is 0 Å². The van der Waals surface area contributed by atoms with Crippen molar-refractivity contribution in [3.63, 3.8) is 0 Å². The van der Waals surface area contributed by atoms with E-state index in [9.17, 15) is 9.90 Å². The Balaban J connectivity index is 1.76. The Morgan fingerprint density at radius 1 is 1.29 bits per heavy atom. The van der Waals surface area contributed by atoms with Crippen LogP contribution in [-0.4, -0.2) is 35.8 Å². The summed E-state index contributed by atoms with van der Waals surface area (Å²) in [4.78, 5) is 12.3. The van der Waals surface area contributed by atoms with Crippen molar-refractivity contribution < 1.29 is 19.4 Å². The fraction of sp³-hybridized carbons (Fsp3) is 0.375.